The highest BCUT2D eigenvalue weighted by molar-refractivity contribution is 5.66. The second-order valence-electron chi connectivity index (χ2n) is 11.1. The van der Waals surface area contributed by atoms with E-state index in [1.807, 2.05) is 0 Å². The highest BCUT2D eigenvalue weighted by Crippen LogP contribution is 2.22. The quantitative estimate of drug-likeness (QED) is 0.0864. The average Bonchev–Trinajstić information content (AvgIpc) is 3.40. The van der Waals surface area contributed by atoms with Crippen molar-refractivity contribution in [2.75, 3.05) is 13.2 Å². The minimum Gasteiger partial charge on any atom is -0.481 e. The number of rotatable bonds is 27. The summed E-state index contributed by atoms with van der Waals surface area (Å²) in [6.45, 7) is 3.75. The van der Waals surface area contributed by atoms with Gasteiger partial charge in [0.2, 0.25) is 0 Å². The number of carboxylic acid groups (broad SMARTS) is 1. The Kier molecular flexibility index (Phi) is 24.3. The molecule has 4 heteroatoms. The Morgan fingerprint density at radius 2 is 1.19 bits per heavy atom. The van der Waals surface area contributed by atoms with Crippen LogP contribution < -0.4 is 0 Å². The maximum atomic E-state index is 11.3. The molecule has 0 saturated carbocycles. The lowest BCUT2D eigenvalue weighted by atomic mass is 9.91. The molecular formula is C33H60O4. The molecule has 1 unspecified atom stereocenters. The highest BCUT2D eigenvalue weighted by Gasteiger charge is 2.15. The lowest BCUT2D eigenvalue weighted by Crippen LogP contribution is -2.08. The molecule has 1 rings (SSSR count). The van der Waals surface area contributed by atoms with E-state index in [1.165, 1.54) is 116 Å². The topological polar surface area (TPSA) is 55.8 Å². The number of aliphatic carboxylic acids is 1. The van der Waals surface area contributed by atoms with Crippen LogP contribution in [0.5, 0.6) is 0 Å². The van der Waals surface area contributed by atoms with Gasteiger partial charge < -0.3 is 14.6 Å². The Morgan fingerprint density at radius 1 is 0.703 bits per heavy atom. The molecule has 0 amide bonds. The van der Waals surface area contributed by atoms with Gasteiger partial charge >= 0.3 is 5.97 Å². The molecule has 1 fully saturated rings. The Hall–Kier alpha value is -1.13. The van der Waals surface area contributed by atoms with E-state index in [1.54, 1.807) is 0 Å². The fraction of sp³-hybridized carbons (Fsp3) is 0.848. The predicted octanol–water partition coefficient (Wildman–Crippen LogP) is 10.2. The van der Waals surface area contributed by atoms with Crippen molar-refractivity contribution in [1.29, 1.82) is 0 Å². The number of ether oxygens (including phenoxy) is 2. The third-order valence-corrected chi connectivity index (χ3v) is 7.52. The summed E-state index contributed by atoms with van der Waals surface area (Å²) in [5, 5.41) is 9.29. The van der Waals surface area contributed by atoms with E-state index in [0.717, 1.165) is 38.9 Å². The van der Waals surface area contributed by atoms with Crippen molar-refractivity contribution in [3.05, 3.63) is 24.3 Å². The van der Waals surface area contributed by atoms with E-state index in [0.29, 0.717) is 12.3 Å². The fourth-order valence-corrected chi connectivity index (χ4v) is 5.22. The number of hydrogen-bond donors (Lipinski definition) is 1. The molecule has 0 bridgehead atoms. The van der Waals surface area contributed by atoms with Gasteiger partial charge in [-0.05, 0) is 63.7 Å². The molecule has 0 aromatic carbocycles. The lowest BCUT2D eigenvalue weighted by Gasteiger charge is -2.14. The number of carboxylic acids is 1. The molecule has 37 heavy (non-hydrogen) atoms. The molecule has 0 radical (unpaired) electrons. The first-order valence-corrected chi connectivity index (χ1v) is 16.0. The van der Waals surface area contributed by atoms with Gasteiger partial charge in [0.05, 0.1) is 13.2 Å². The summed E-state index contributed by atoms with van der Waals surface area (Å²) in [4.78, 5) is 11.3. The molecular weight excluding hydrogens is 460 g/mol. The smallest absolute Gasteiger partial charge is 0.303 e. The summed E-state index contributed by atoms with van der Waals surface area (Å²) in [5.74, 6) is -0.259. The first kappa shape index (κ1) is 33.9. The normalized spacial score (nSPS) is 15.4. The minimum absolute atomic E-state index is 0.0432. The van der Waals surface area contributed by atoms with Gasteiger partial charge in [0.25, 0.3) is 0 Å². The van der Waals surface area contributed by atoms with Crippen molar-refractivity contribution in [2.24, 2.45) is 5.92 Å². The van der Waals surface area contributed by atoms with E-state index in [-0.39, 0.29) is 6.29 Å². The molecule has 1 N–H and O–H groups in total. The van der Waals surface area contributed by atoms with Crippen LogP contribution in [0.25, 0.3) is 0 Å². The lowest BCUT2D eigenvalue weighted by molar-refractivity contribution is -0.138. The number of hydrogen-bond acceptors (Lipinski definition) is 3. The van der Waals surface area contributed by atoms with Gasteiger partial charge in [-0.2, -0.15) is 0 Å². The monoisotopic (exact) mass is 520 g/mol. The average molecular weight is 521 g/mol. The standard InChI is InChI=1S/C33H60O4/c1-2-3-4-5-6-7-8-9-10-11-12-13-14-15-16-19-22-25-31(30-32(34)35)26-23-20-17-18-21-24-27-33-36-28-29-37-33/h6-7,9-10,31,33H,2-5,8,11-30H2,1H3,(H,34,35)/b7-6-,10-9-. The number of unbranched alkanes of at least 4 members (excludes halogenated alkanes) is 15. The van der Waals surface area contributed by atoms with Crippen LogP contribution in [-0.2, 0) is 14.3 Å². The van der Waals surface area contributed by atoms with E-state index in [9.17, 15) is 9.90 Å². The molecule has 1 heterocycles. The molecule has 1 aliphatic rings. The Bertz CT molecular complexity index is 551. The Balaban J connectivity index is 1.90. The maximum absolute atomic E-state index is 11.3. The zero-order valence-corrected chi connectivity index (χ0v) is 24.3. The second-order valence-corrected chi connectivity index (χ2v) is 11.1. The van der Waals surface area contributed by atoms with Gasteiger partial charge in [-0.1, -0.05) is 115 Å². The zero-order valence-electron chi connectivity index (χ0n) is 24.3. The largest absolute Gasteiger partial charge is 0.481 e. The first-order chi connectivity index (χ1) is 18.2. The summed E-state index contributed by atoms with van der Waals surface area (Å²) in [6, 6.07) is 0. The fourth-order valence-electron chi connectivity index (χ4n) is 5.22. The molecule has 1 aliphatic heterocycles. The second kappa shape index (κ2) is 26.5. The van der Waals surface area contributed by atoms with Crippen molar-refractivity contribution in [2.45, 2.75) is 161 Å². The molecule has 0 aliphatic carbocycles. The van der Waals surface area contributed by atoms with Crippen molar-refractivity contribution in [3.8, 4) is 0 Å². The van der Waals surface area contributed by atoms with Crippen molar-refractivity contribution in [3.63, 3.8) is 0 Å². The first-order valence-electron chi connectivity index (χ1n) is 16.0. The van der Waals surface area contributed by atoms with Gasteiger partial charge in [0, 0.05) is 6.42 Å². The van der Waals surface area contributed by atoms with Crippen LogP contribution in [0.2, 0.25) is 0 Å². The summed E-state index contributed by atoms with van der Waals surface area (Å²) < 4.78 is 11.0. The van der Waals surface area contributed by atoms with Crippen LogP contribution in [0.1, 0.15) is 155 Å². The number of carbonyl (C=O) groups is 1. The molecule has 1 atom stereocenters. The van der Waals surface area contributed by atoms with E-state index >= 15 is 0 Å². The Morgan fingerprint density at radius 3 is 1.73 bits per heavy atom. The molecule has 0 aromatic rings. The van der Waals surface area contributed by atoms with Gasteiger partial charge in [-0.15, -0.1) is 0 Å². The van der Waals surface area contributed by atoms with Crippen LogP contribution >= 0.6 is 0 Å². The summed E-state index contributed by atoms with van der Waals surface area (Å²) in [5.41, 5.74) is 0. The summed E-state index contributed by atoms with van der Waals surface area (Å²) >= 11 is 0. The van der Waals surface area contributed by atoms with Crippen molar-refractivity contribution in [1.82, 2.24) is 0 Å². The van der Waals surface area contributed by atoms with Crippen LogP contribution in [-0.4, -0.2) is 30.6 Å². The maximum Gasteiger partial charge on any atom is 0.303 e. The third kappa shape index (κ3) is 23.7. The van der Waals surface area contributed by atoms with E-state index in [2.05, 4.69) is 31.2 Å². The van der Waals surface area contributed by atoms with E-state index < -0.39 is 5.97 Å². The Labute approximate surface area is 229 Å². The van der Waals surface area contributed by atoms with Gasteiger partial charge in [0.15, 0.2) is 6.29 Å². The van der Waals surface area contributed by atoms with Crippen molar-refractivity contribution < 1.29 is 19.4 Å². The number of allylic oxidation sites excluding steroid dienone is 4. The van der Waals surface area contributed by atoms with Crippen LogP contribution in [0.4, 0.5) is 0 Å². The molecule has 0 aromatic heterocycles. The minimum atomic E-state index is -0.626. The summed E-state index contributed by atoms with van der Waals surface area (Å²) in [7, 11) is 0. The molecule has 1 saturated heterocycles. The van der Waals surface area contributed by atoms with Crippen LogP contribution in [0.15, 0.2) is 24.3 Å². The summed E-state index contributed by atoms with van der Waals surface area (Å²) in [6.07, 6.45) is 36.8. The zero-order chi connectivity index (χ0) is 26.7. The predicted molar refractivity (Wildman–Crippen MR) is 157 cm³/mol. The van der Waals surface area contributed by atoms with E-state index in [4.69, 9.17) is 9.47 Å². The van der Waals surface area contributed by atoms with Crippen molar-refractivity contribution >= 4 is 5.97 Å². The van der Waals surface area contributed by atoms with Gasteiger partial charge in [-0.3, -0.25) is 4.79 Å². The highest BCUT2D eigenvalue weighted by atomic mass is 16.7. The molecule has 0 spiro atoms. The third-order valence-electron chi connectivity index (χ3n) is 7.52. The van der Waals surface area contributed by atoms with Crippen LogP contribution in [0.3, 0.4) is 0 Å². The van der Waals surface area contributed by atoms with Crippen LogP contribution in [0, 0.1) is 5.92 Å². The van der Waals surface area contributed by atoms with Gasteiger partial charge in [0.1, 0.15) is 0 Å². The molecule has 216 valence electrons. The van der Waals surface area contributed by atoms with Gasteiger partial charge in [-0.25, -0.2) is 0 Å². The molecule has 4 nitrogen and oxygen atoms in total. The SMILES string of the molecule is CCCCC/C=C\C/C=C\CCCCCCCCCC(CCCCCCCCC1OCCO1)CC(=O)O.